The fraction of sp³-hybridized carbons (Fsp3) is 0.250. The van der Waals surface area contributed by atoms with Gasteiger partial charge in [-0.3, -0.25) is 0 Å². The van der Waals surface area contributed by atoms with Crippen molar-refractivity contribution in [3.8, 4) is 5.75 Å². The van der Waals surface area contributed by atoms with E-state index in [1.54, 1.807) is 7.11 Å². The topological polar surface area (TPSA) is 37.4 Å². The van der Waals surface area contributed by atoms with Gasteiger partial charge in [0, 0.05) is 33.4 Å². The molecule has 1 aromatic heterocycles. The third-order valence-corrected chi connectivity index (χ3v) is 4.04. The summed E-state index contributed by atoms with van der Waals surface area (Å²) in [5.41, 5.74) is 2.46. The maximum absolute atomic E-state index is 5.27. The lowest BCUT2D eigenvalue weighted by Gasteiger charge is -2.11. The van der Waals surface area contributed by atoms with Crippen molar-refractivity contribution < 1.29 is 4.74 Å². The molecule has 0 aliphatic heterocycles. The first kappa shape index (κ1) is 16.3. The predicted octanol–water partition coefficient (Wildman–Crippen LogP) is 3.60. The minimum atomic E-state index is 0.807. The number of pyridine rings is 1. The van der Waals surface area contributed by atoms with Gasteiger partial charge in [0.15, 0.2) is 0 Å². The average molecular weight is 321 g/mol. The van der Waals surface area contributed by atoms with Crippen LogP contribution in [0.25, 0.3) is 10.8 Å². The summed E-state index contributed by atoms with van der Waals surface area (Å²) in [6.45, 7) is 1.64. The zero-order valence-corrected chi connectivity index (χ0v) is 14.4. The highest BCUT2D eigenvalue weighted by Crippen LogP contribution is 2.21. The molecule has 24 heavy (non-hydrogen) atoms. The van der Waals surface area contributed by atoms with Gasteiger partial charge < -0.3 is 15.0 Å². The molecule has 1 N–H and O–H groups in total. The van der Waals surface area contributed by atoms with Gasteiger partial charge in [0.05, 0.1) is 7.11 Å². The third-order valence-electron chi connectivity index (χ3n) is 4.04. The van der Waals surface area contributed by atoms with Crippen molar-refractivity contribution in [1.82, 2.24) is 10.3 Å². The number of benzene rings is 2. The van der Waals surface area contributed by atoms with Crippen LogP contribution in [0.5, 0.6) is 5.75 Å². The Kier molecular flexibility index (Phi) is 4.96. The molecule has 0 radical (unpaired) electrons. The number of ether oxygens (including phenoxy) is 1. The second kappa shape index (κ2) is 7.32. The summed E-state index contributed by atoms with van der Waals surface area (Å²) in [5.74, 6) is 1.87. The van der Waals surface area contributed by atoms with E-state index in [0.29, 0.717) is 0 Å². The van der Waals surface area contributed by atoms with Gasteiger partial charge in [-0.1, -0.05) is 24.3 Å². The normalized spacial score (nSPS) is 10.8. The van der Waals surface area contributed by atoms with Crippen LogP contribution in [0.15, 0.2) is 54.7 Å². The first-order chi connectivity index (χ1) is 11.7. The third kappa shape index (κ3) is 3.84. The van der Waals surface area contributed by atoms with E-state index in [0.717, 1.165) is 24.7 Å². The molecule has 4 nitrogen and oxygen atoms in total. The van der Waals surface area contributed by atoms with Gasteiger partial charge in [0.25, 0.3) is 0 Å². The lowest BCUT2D eigenvalue weighted by molar-refractivity contribution is 0.415. The van der Waals surface area contributed by atoms with Crippen molar-refractivity contribution in [2.24, 2.45) is 0 Å². The van der Waals surface area contributed by atoms with Crippen LogP contribution in [-0.2, 0) is 13.1 Å². The number of nitrogens with zero attached hydrogens (tertiary/aromatic N) is 2. The molecule has 1 heterocycles. The number of nitrogens with one attached hydrogen (secondary N) is 1. The van der Waals surface area contributed by atoms with Crippen molar-refractivity contribution >= 4 is 16.6 Å². The quantitative estimate of drug-likeness (QED) is 0.753. The molecule has 4 heteroatoms. The van der Waals surface area contributed by atoms with Crippen molar-refractivity contribution in [2.45, 2.75) is 13.1 Å². The fourth-order valence-corrected chi connectivity index (χ4v) is 2.65. The fourth-order valence-electron chi connectivity index (χ4n) is 2.65. The van der Waals surface area contributed by atoms with Crippen LogP contribution in [0.4, 0.5) is 5.82 Å². The van der Waals surface area contributed by atoms with Gasteiger partial charge in [0.1, 0.15) is 11.6 Å². The van der Waals surface area contributed by atoms with Crippen LogP contribution in [0.3, 0.4) is 0 Å². The van der Waals surface area contributed by atoms with Crippen molar-refractivity contribution in [3.63, 3.8) is 0 Å². The smallest absolute Gasteiger partial charge is 0.127 e. The Hall–Kier alpha value is -2.59. The molecule has 2 aromatic carbocycles. The Labute approximate surface area is 143 Å². The van der Waals surface area contributed by atoms with E-state index >= 15 is 0 Å². The maximum atomic E-state index is 5.27. The Bertz CT molecular complexity index is 813. The molecule has 0 bridgehead atoms. The highest BCUT2D eigenvalue weighted by molar-refractivity contribution is 5.84. The van der Waals surface area contributed by atoms with Gasteiger partial charge in [-0.05, 0) is 46.2 Å². The number of aromatic nitrogens is 1. The zero-order chi connectivity index (χ0) is 16.9. The van der Waals surface area contributed by atoms with Crippen LogP contribution >= 0.6 is 0 Å². The maximum Gasteiger partial charge on any atom is 0.127 e. The minimum absolute atomic E-state index is 0.807. The van der Waals surface area contributed by atoms with Gasteiger partial charge >= 0.3 is 0 Å². The van der Waals surface area contributed by atoms with E-state index in [9.17, 15) is 0 Å². The Morgan fingerprint density at radius 2 is 1.62 bits per heavy atom. The molecule has 0 unspecified atom stereocenters. The molecule has 3 aromatic rings. The largest absolute Gasteiger partial charge is 0.497 e. The number of fused-ring (bicyclic) bond motifs is 1. The Morgan fingerprint density at radius 3 is 2.33 bits per heavy atom. The van der Waals surface area contributed by atoms with E-state index in [1.807, 2.05) is 37.3 Å². The Balaban J connectivity index is 1.61. The summed E-state index contributed by atoms with van der Waals surface area (Å²) in [6, 6.07) is 16.8. The minimum Gasteiger partial charge on any atom is -0.497 e. The van der Waals surface area contributed by atoms with E-state index in [4.69, 9.17) is 4.74 Å². The van der Waals surface area contributed by atoms with Gasteiger partial charge in [0.2, 0.25) is 0 Å². The summed E-state index contributed by atoms with van der Waals surface area (Å²) in [6.07, 6.45) is 1.93. The summed E-state index contributed by atoms with van der Waals surface area (Å²) in [4.78, 5) is 6.44. The second-order valence-electron chi connectivity index (χ2n) is 6.07. The summed E-state index contributed by atoms with van der Waals surface area (Å²) in [7, 11) is 5.69. The number of methoxy groups -OCH3 is 1. The molecular formula is C20H23N3O. The highest BCUT2D eigenvalue weighted by Gasteiger charge is 2.01. The lowest BCUT2D eigenvalue weighted by atomic mass is 10.1. The van der Waals surface area contributed by atoms with Gasteiger partial charge in [-0.15, -0.1) is 0 Å². The first-order valence-electron chi connectivity index (χ1n) is 8.05. The molecule has 0 spiro atoms. The molecule has 0 fully saturated rings. The van der Waals surface area contributed by atoms with Crippen LogP contribution in [0.2, 0.25) is 0 Å². The molecule has 0 saturated carbocycles. The predicted molar refractivity (Wildman–Crippen MR) is 99.6 cm³/mol. The van der Waals surface area contributed by atoms with Gasteiger partial charge in [-0.25, -0.2) is 4.98 Å². The molecule has 0 aliphatic carbocycles. The van der Waals surface area contributed by atoms with Crippen molar-refractivity contribution in [1.29, 1.82) is 0 Å². The van der Waals surface area contributed by atoms with Crippen LogP contribution in [0.1, 0.15) is 11.1 Å². The highest BCUT2D eigenvalue weighted by atomic mass is 16.5. The number of anilines is 1. The number of rotatable bonds is 6. The van der Waals surface area contributed by atoms with Gasteiger partial charge in [-0.2, -0.15) is 0 Å². The first-order valence-corrected chi connectivity index (χ1v) is 8.05. The molecule has 0 atom stereocenters. The van der Waals surface area contributed by atoms with Crippen LogP contribution in [-0.4, -0.2) is 26.2 Å². The van der Waals surface area contributed by atoms with E-state index in [2.05, 4.69) is 46.7 Å². The van der Waals surface area contributed by atoms with Crippen LogP contribution in [0, 0.1) is 0 Å². The molecular weight excluding hydrogens is 298 g/mol. The molecule has 3 rings (SSSR count). The number of hydrogen-bond donors (Lipinski definition) is 1. The molecule has 0 saturated heterocycles. The molecule has 0 amide bonds. The summed E-state index contributed by atoms with van der Waals surface area (Å²) < 4.78 is 5.27. The lowest BCUT2D eigenvalue weighted by Crippen LogP contribution is -2.14. The summed E-state index contributed by atoms with van der Waals surface area (Å²) in [5, 5.41) is 5.90. The van der Waals surface area contributed by atoms with E-state index < -0.39 is 0 Å². The average Bonchev–Trinajstić information content (AvgIpc) is 2.61. The van der Waals surface area contributed by atoms with Crippen molar-refractivity contribution in [2.75, 3.05) is 26.1 Å². The van der Waals surface area contributed by atoms with Crippen LogP contribution < -0.4 is 15.0 Å². The molecule has 124 valence electrons. The van der Waals surface area contributed by atoms with E-state index in [1.165, 1.54) is 21.9 Å². The summed E-state index contributed by atoms with van der Waals surface area (Å²) >= 11 is 0. The Morgan fingerprint density at radius 1 is 0.917 bits per heavy atom. The van der Waals surface area contributed by atoms with E-state index in [-0.39, 0.29) is 0 Å². The second-order valence-corrected chi connectivity index (χ2v) is 6.07. The standard InChI is InChI=1S/C20H23N3O/c1-23(2)20-9-5-16(14-22-20)13-21-12-15-4-6-18-11-19(24-3)8-7-17(18)10-15/h4-11,14,21H,12-13H2,1-3H3. The number of hydrogen-bond acceptors (Lipinski definition) is 4. The zero-order valence-electron chi connectivity index (χ0n) is 14.4. The van der Waals surface area contributed by atoms with Crippen molar-refractivity contribution in [3.05, 3.63) is 65.9 Å². The monoisotopic (exact) mass is 321 g/mol. The molecule has 0 aliphatic rings. The SMILES string of the molecule is COc1ccc2cc(CNCc3ccc(N(C)C)nc3)ccc2c1.